The van der Waals surface area contributed by atoms with Crippen molar-refractivity contribution in [3.63, 3.8) is 0 Å². The van der Waals surface area contributed by atoms with E-state index >= 15 is 0 Å². The Morgan fingerprint density at radius 2 is 1.88 bits per heavy atom. The first-order valence-electron chi connectivity index (χ1n) is 9.14. The van der Waals surface area contributed by atoms with E-state index < -0.39 is 0 Å². The summed E-state index contributed by atoms with van der Waals surface area (Å²) in [7, 11) is 0. The van der Waals surface area contributed by atoms with Gasteiger partial charge in [-0.1, -0.05) is 43.7 Å². The van der Waals surface area contributed by atoms with Crippen molar-refractivity contribution in [2.45, 2.75) is 46.6 Å². The maximum atomic E-state index is 12.3. The minimum Gasteiger partial charge on any atom is -0.366 e. The maximum Gasteiger partial charge on any atom is 0.251 e. The Morgan fingerprint density at radius 3 is 2.50 bits per heavy atom. The van der Waals surface area contributed by atoms with Gasteiger partial charge in [-0.3, -0.25) is 4.79 Å². The summed E-state index contributed by atoms with van der Waals surface area (Å²) in [5, 5.41) is 2.11. The van der Waals surface area contributed by atoms with Crippen LogP contribution in [0.15, 0.2) is 41.8 Å². The van der Waals surface area contributed by atoms with E-state index in [1.54, 1.807) is 11.3 Å². The van der Waals surface area contributed by atoms with Gasteiger partial charge in [0.25, 0.3) is 5.91 Å². The summed E-state index contributed by atoms with van der Waals surface area (Å²) >= 11 is 1.78. The second kappa shape index (κ2) is 7.92. The molecule has 3 aromatic rings. The van der Waals surface area contributed by atoms with Gasteiger partial charge in [0.15, 0.2) is 0 Å². The largest absolute Gasteiger partial charge is 0.366 e. The lowest BCUT2D eigenvalue weighted by molar-refractivity contribution is 0.1000. The van der Waals surface area contributed by atoms with Gasteiger partial charge in [-0.05, 0) is 49.3 Å². The first kappa shape index (κ1) is 18.5. The molecule has 3 rings (SSSR count). The molecule has 0 radical (unpaired) electrons. The van der Waals surface area contributed by atoms with Crippen molar-refractivity contribution in [2.75, 3.05) is 0 Å². The van der Waals surface area contributed by atoms with Crippen molar-refractivity contribution in [2.24, 2.45) is 5.73 Å². The van der Waals surface area contributed by atoms with E-state index in [9.17, 15) is 4.79 Å². The van der Waals surface area contributed by atoms with Crippen LogP contribution in [0.4, 0.5) is 0 Å². The number of amides is 1. The molecule has 1 aromatic carbocycles. The summed E-state index contributed by atoms with van der Waals surface area (Å²) in [6, 6.07) is 12.5. The van der Waals surface area contributed by atoms with Gasteiger partial charge in [-0.25, -0.2) is 0 Å². The van der Waals surface area contributed by atoms with Gasteiger partial charge in [0.1, 0.15) is 0 Å². The normalized spacial score (nSPS) is 11.0. The Hall–Kier alpha value is -2.33. The Bertz CT molecular complexity index is 907. The van der Waals surface area contributed by atoms with E-state index in [2.05, 4.69) is 48.1 Å². The molecule has 1 amide bonds. The van der Waals surface area contributed by atoms with Crippen molar-refractivity contribution < 1.29 is 4.79 Å². The number of carbonyl (C=O) groups excluding carboxylic acids is 1. The van der Waals surface area contributed by atoms with E-state index in [4.69, 9.17) is 5.73 Å². The molecular weight excluding hydrogens is 340 g/mol. The Labute approximate surface area is 159 Å². The summed E-state index contributed by atoms with van der Waals surface area (Å²) < 4.78 is 2.31. The molecule has 0 atom stereocenters. The molecule has 4 heteroatoms. The number of hydrogen-bond acceptors (Lipinski definition) is 2. The van der Waals surface area contributed by atoms with E-state index in [1.165, 1.54) is 16.1 Å². The number of thiophene rings is 1. The topological polar surface area (TPSA) is 48.0 Å². The molecule has 0 saturated heterocycles. The number of nitrogens with two attached hydrogens (primary N) is 1. The van der Waals surface area contributed by atoms with Crippen molar-refractivity contribution in [3.05, 3.63) is 69.2 Å². The summed E-state index contributed by atoms with van der Waals surface area (Å²) in [6.45, 7) is 7.16. The summed E-state index contributed by atoms with van der Waals surface area (Å²) in [5.41, 5.74) is 12.0. The second-order valence-corrected chi connectivity index (χ2v) is 7.72. The molecule has 26 heavy (non-hydrogen) atoms. The summed E-state index contributed by atoms with van der Waals surface area (Å²) in [6.07, 6.45) is 2.93. The molecule has 2 aromatic heterocycles. The average Bonchev–Trinajstić information content (AvgIpc) is 3.21. The number of rotatable bonds is 7. The van der Waals surface area contributed by atoms with Gasteiger partial charge in [0.2, 0.25) is 0 Å². The number of aromatic nitrogens is 1. The quantitative estimate of drug-likeness (QED) is 0.619. The summed E-state index contributed by atoms with van der Waals surface area (Å²) in [5.74, 6) is -0.340. The highest BCUT2D eigenvalue weighted by Gasteiger charge is 2.25. The monoisotopic (exact) mass is 366 g/mol. The lowest BCUT2D eigenvalue weighted by Gasteiger charge is -2.13. The second-order valence-electron chi connectivity index (χ2n) is 6.69. The number of aryl methyl sites for hydroxylation is 2. The van der Waals surface area contributed by atoms with E-state index in [0.29, 0.717) is 5.56 Å². The zero-order valence-electron chi connectivity index (χ0n) is 15.7. The molecule has 3 nitrogen and oxygen atoms in total. The molecule has 2 N–H and O–H groups in total. The third kappa shape index (κ3) is 3.47. The van der Waals surface area contributed by atoms with Crippen LogP contribution in [0, 0.1) is 13.8 Å². The van der Waals surface area contributed by atoms with Crippen LogP contribution in [0.25, 0.3) is 11.1 Å². The van der Waals surface area contributed by atoms with Crippen LogP contribution in [-0.4, -0.2) is 10.5 Å². The number of nitrogens with zero attached hydrogens (tertiary/aromatic N) is 1. The molecule has 0 aliphatic carbocycles. The van der Waals surface area contributed by atoms with E-state index in [0.717, 1.165) is 42.6 Å². The number of carbonyl (C=O) groups is 1. The lowest BCUT2D eigenvalue weighted by Crippen LogP contribution is -2.14. The zero-order chi connectivity index (χ0) is 18.7. The molecule has 0 spiro atoms. The molecule has 0 bridgehead atoms. The first-order valence-corrected chi connectivity index (χ1v) is 10.0. The van der Waals surface area contributed by atoms with Crippen LogP contribution in [0.3, 0.4) is 0 Å². The minimum atomic E-state index is -0.340. The van der Waals surface area contributed by atoms with Gasteiger partial charge in [-0.2, -0.15) is 0 Å². The third-order valence-electron chi connectivity index (χ3n) is 4.94. The minimum absolute atomic E-state index is 0.340. The molecular formula is C22H26N2OS. The highest BCUT2D eigenvalue weighted by Crippen LogP contribution is 2.35. The number of hydrogen-bond donors (Lipinski definition) is 1. The number of benzene rings is 1. The average molecular weight is 367 g/mol. The molecule has 0 fully saturated rings. The van der Waals surface area contributed by atoms with E-state index in [-0.39, 0.29) is 5.91 Å². The fraction of sp³-hybridized carbons (Fsp3) is 0.318. The predicted octanol–water partition coefficient (Wildman–Crippen LogP) is 5.13. The molecule has 2 heterocycles. The first-order chi connectivity index (χ1) is 12.5. The van der Waals surface area contributed by atoms with Crippen molar-refractivity contribution in [1.82, 2.24) is 4.57 Å². The van der Waals surface area contributed by atoms with Gasteiger partial charge in [0.05, 0.1) is 5.56 Å². The molecule has 0 aliphatic heterocycles. The van der Waals surface area contributed by atoms with Crippen LogP contribution in [0.5, 0.6) is 0 Å². The SMILES string of the molecule is CCCc1c(-c2ccccc2C)c(C(N)=O)c(C)n1CCc1cccs1. The van der Waals surface area contributed by atoms with Gasteiger partial charge < -0.3 is 10.3 Å². The van der Waals surface area contributed by atoms with Gasteiger partial charge >= 0.3 is 0 Å². The van der Waals surface area contributed by atoms with Gasteiger partial charge in [0, 0.05) is 28.4 Å². The third-order valence-corrected chi connectivity index (χ3v) is 5.88. The van der Waals surface area contributed by atoms with Crippen LogP contribution >= 0.6 is 11.3 Å². The Morgan fingerprint density at radius 1 is 1.12 bits per heavy atom. The standard InChI is InChI=1S/C22H26N2OS/c1-4-8-19-21(18-11-6-5-9-15(18)2)20(22(23)25)16(3)24(19)13-12-17-10-7-14-26-17/h5-7,9-11,14H,4,8,12-13H2,1-3H3,(H2,23,25). The fourth-order valence-corrected chi connectivity index (χ4v) is 4.42. The predicted molar refractivity (Wildman–Crippen MR) is 110 cm³/mol. The zero-order valence-corrected chi connectivity index (χ0v) is 16.5. The highest BCUT2D eigenvalue weighted by molar-refractivity contribution is 7.09. The molecule has 0 saturated carbocycles. The van der Waals surface area contributed by atoms with Crippen LogP contribution < -0.4 is 5.73 Å². The van der Waals surface area contributed by atoms with E-state index in [1.807, 2.05) is 19.1 Å². The lowest BCUT2D eigenvalue weighted by atomic mass is 9.94. The highest BCUT2D eigenvalue weighted by atomic mass is 32.1. The van der Waals surface area contributed by atoms with Crippen LogP contribution in [0.1, 0.15) is 45.5 Å². The fourth-order valence-electron chi connectivity index (χ4n) is 3.72. The number of primary amides is 1. The van der Waals surface area contributed by atoms with Crippen LogP contribution in [-0.2, 0) is 19.4 Å². The Balaban J connectivity index is 2.16. The molecule has 0 unspecified atom stereocenters. The van der Waals surface area contributed by atoms with Crippen LogP contribution in [0.2, 0.25) is 0 Å². The van der Waals surface area contributed by atoms with Crippen molar-refractivity contribution in [1.29, 1.82) is 0 Å². The van der Waals surface area contributed by atoms with Crippen molar-refractivity contribution >= 4 is 17.2 Å². The smallest absolute Gasteiger partial charge is 0.251 e. The van der Waals surface area contributed by atoms with Crippen molar-refractivity contribution in [3.8, 4) is 11.1 Å². The maximum absolute atomic E-state index is 12.3. The van der Waals surface area contributed by atoms with Gasteiger partial charge in [-0.15, -0.1) is 11.3 Å². The molecule has 0 aliphatic rings. The Kier molecular flexibility index (Phi) is 5.62. The summed E-state index contributed by atoms with van der Waals surface area (Å²) in [4.78, 5) is 13.7. The molecule has 136 valence electrons.